The number of urea groups is 1. The number of carbonyl (C=O) groups is 1. The van der Waals surface area contributed by atoms with Crippen LogP contribution < -0.4 is 16.6 Å². The van der Waals surface area contributed by atoms with Crippen molar-refractivity contribution in [1.82, 2.24) is 33.8 Å². The summed E-state index contributed by atoms with van der Waals surface area (Å²) >= 11 is 6.41. The molecule has 2 aromatic heterocycles. The molecule has 0 bridgehead atoms. The highest BCUT2D eigenvalue weighted by atomic mass is 35.5. The van der Waals surface area contributed by atoms with Crippen LogP contribution in [0.5, 0.6) is 0 Å². The lowest BCUT2D eigenvalue weighted by Crippen LogP contribution is -2.51. The smallest absolute Gasteiger partial charge is 0.332 e. The quantitative estimate of drug-likeness (QED) is 0.596. The number of nitrogens with zero attached hydrogens (tertiary/aromatic N) is 6. The van der Waals surface area contributed by atoms with Gasteiger partial charge in [0.25, 0.3) is 5.56 Å². The van der Waals surface area contributed by atoms with Gasteiger partial charge in [-0.15, -0.1) is 0 Å². The number of rotatable bonds is 5. The molecule has 3 aromatic rings. The summed E-state index contributed by atoms with van der Waals surface area (Å²) in [5.41, 5.74) is 0.773. The van der Waals surface area contributed by atoms with E-state index in [1.54, 1.807) is 11.9 Å². The average molecular weight is 474 g/mol. The Labute approximate surface area is 196 Å². The summed E-state index contributed by atoms with van der Waals surface area (Å²) in [6.45, 7) is 5.92. The van der Waals surface area contributed by atoms with Crippen LogP contribution in [0.1, 0.15) is 18.3 Å². The van der Waals surface area contributed by atoms with Gasteiger partial charge in [0.2, 0.25) is 0 Å². The second kappa shape index (κ2) is 9.40. The summed E-state index contributed by atoms with van der Waals surface area (Å²) in [5, 5.41) is 3.43. The Balaban J connectivity index is 1.71. The van der Waals surface area contributed by atoms with E-state index in [-0.39, 0.29) is 11.6 Å². The van der Waals surface area contributed by atoms with E-state index in [1.165, 1.54) is 11.6 Å². The summed E-state index contributed by atoms with van der Waals surface area (Å²) in [6, 6.07) is 7.42. The van der Waals surface area contributed by atoms with E-state index in [0.717, 1.165) is 10.1 Å². The first-order valence-electron chi connectivity index (χ1n) is 11.0. The molecule has 3 heterocycles. The van der Waals surface area contributed by atoms with Crippen LogP contribution in [0.4, 0.5) is 4.79 Å². The Bertz CT molecular complexity index is 1300. The molecule has 1 fully saturated rings. The maximum absolute atomic E-state index is 13.1. The number of nitrogens with one attached hydrogen (secondary N) is 1. The molecular weight excluding hydrogens is 446 g/mol. The number of fused-ring (bicyclic) bond motifs is 1. The number of imidazole rings is 1. The number of piperazine rings is 1. The maximum Gasteiger partial charge on any atom is 0.332 e. The van der Waals surface area contributed by atoms with Gasteiger partial charge >= 0.3 is 11.7 Å². The van der Waals surface area contributed by atoms with Crippen LogP contribution in [-0.2, 0) is 27.2 Å². The number of amides is 2. The summed E-state index contributed by atoms with van der Waals surface area (Å²) in [7, 11) is 3.09. The molecule has 1 N–H and O–H groups in total. The fraction of sp³-hybridized carbons (Fsp3) is 0.455. The zero-order chi connectivity index (χ0) is 23.7. The Morgan fingerprint density at radius 2 is 1.76 bits per heavy atom. The maximum atomic E-state index is 13.1. The summed E-state index contributed by atoms with van der Waals surface area (Å²) in [5.74, 6) is 0.676. The molecule has 11 heteroatoms. The fourth-order valence-corrected chi connectivity index (χ4v) is 4.35. The van der Waals surface area contributed by atoms with Crippen LogP contribution >= 0.6 is 11.6 Å². The predicted octanol–water partition coefficient (Wildman–Crippen LogP) is 0.983. The number of aromatic nitrogens is 4. The van der Waals surface area contributed by atoms with Gasteiger partial charge in [0.1, 0.15) is 5.82 Å². The Kier molecular flexibility index (Phi) is 6.57. The van der Waals surface area contributed by atoms with Crippen molar-refractivity contribution >= 4 is 28.8 Å². The molecule has 0 unspecified atom stereocenters. The first-order valence-corrected chi connectivity index (χ1v) is 11.3. The van der Waals surface area contributed by atoms with E-state index < -0.39 is 5.69 Å². The van der Waals surface area contributed by atoms with Crippen LogP contribution in [0.25, 0.3) is 11.2 Å². The highest BCUT2D eigenvalue weighted by molar-refractivity contribution is 6.31. The van der Waals surface area contributed by atoms with Gasteiger partial charge in [-0.25, -0.2) is 14.6 Å². The van der Waals surface area contributed by atoms with Crippen molar-refractivity contribution in [1.29, 1.82) is 0 Å². The molecule has 33 heavy (non-hydrogen) atoms. The van der Waals surface area contributed by atoms with Crippen molar-refractivity contribution in [3.05, 3.63) is 61.5 Å². The van der Waals surface area contributed by atoms with Gasteiger partial charge in [-0.3, -0.25) is 18.8 Å². The normalized spacial score (nSPS) is 14.7. The fourth-order valence-electron chi connectivity index (χ4n) is 4.15. The third-order valence-electron chi connectivity index (χ3n) is 6.07. The molecule has 1 aliphatic rings. The molecule has 0 radical (unpaired) electrons. The monoisotopic (exact) mass is 473 g/mol. The van der Waals surface area contributed by atoms with Crippen LogP contribution in [0.2, 0.25) is 5.02 Å². The van der Waals surface area contributed by atoms with E-state index in [0.29, 0.717) is 67.8 Å². The first-order chi connectivity index (χ1) is 15.8. The molecule has 1 aromatic carbocycles. The van der Waals surface area contributed by atoms with Crippen LogP contribution in [0.15, 0.2) is 33.9 Å². The molecule has 2 amide bonds. The Morgan fingerprint density at radius 1 is 1.06 bits per heavy atom. The van der Waals surface area contributed by atoms with Crippen molar-refractivity contribution in [2.45, 2.75) is 20.0 Å². The second-order valence-corrected chi connectivity index (χ2v) is 8.59. The number of benzene rings is 1. The largest absolute Gasteiger partial charge is 0.338 e. The highest BCUT2D eigenvalue weighted by Crippen LogP contribution is 2.21. The second-order valence-electron chi connectivity index (χ2n) is 8.18. The van der Waals surface area contributed by atoms with E-state index in [1.807, 2.05) is 35.8 Å². The number of halogens is 1. The number of hydrogen-bond acceptors (Lipinski definition) is 5. The lowest BCUT2D eigenvalue weighted by Gasteiger charge is -2.34. The molecule has 1 saturated heterocycles. The van der Waals surface area contributed by atoms with Crippen LogP contribution in [0.3, 0.4) is 0 Å². The Hall–Kier alpha value is -3.11. The molecule has 1 aliphatic heterocycles. The summed E-state index contributed by atoms with van der Waals surface area (Å²) < 4.78 is 4.35. The van der Waals surface area contributed by atoms with E-state index >= 15 is 0 Å². The minimum atomic E-state index is -0.419. The van der Waals surface area contributed by atoms with Crippen molar-refractivity contribution < 1.29 is 4.79 Å². The topological polar surface area (TPSA) is 97.4 Å². The molecule has 0 saturated carbocycles. The van der Waals surface area contributed by atoms with E-state index in [9.17, 15) is 14.4 Å². The minimum absolute atomic E-state index is 0.0541. The number of carbonyl (C=O) groups excluding carboxylic acids is 1. The van der Waals surface area contributed by atoms with Gasteiger partial charge in [-0.2, -0.15) is 0 Å². The van der Waals surface area contributed by atoms with E-state index in [4.69, 9.17) is 16.6 Å². The standard InChI is InChI=1S/C22H28ClN7O3/c1-4-24-21(32)29-11-9-28(10-12-29)14-17-25-19-18(20(31)27(3)22(33)26(19)2)30(17)13-15-7-5-6-8-16(15)23/h5-8H,4,9-14H2,1-3H3,(H,24,32). The van der Waals surface area contributed by atoms with Crippen LogP contribution in [-0.4, -0.2) is 67.2 Å². The zero-order valence-corrected chi connectivity index (χ0v) is 19.8. The van der Waals surface area contributed by atoms with Gasteiger partial charge in [-0.1, -0.05) is 29.8 Å². The zero-order valence-electron chi connectivity index (χ0n) is 19.0. The van der Waals surface area contributed by atoms with Gasteiger partial charge in [0.15, 0.2) is 11.2 Å². The lowest BCUT2D eigenvalue weighted by atomic mass is 10.2. The summed E-state index contributed by atoms with van der Waals surface area (Å²) in [6.07, 6.45) is 0. The Morgan fingerprint density at radius 3 is 2.42 bits per heavy atom. The number of hydrogen-bond donors (Lipinski definition) is 1. The predicted molar refractivity (Wildman–Crippen MR) is 127 cm³/mol. The molecule has 0 aliphatic carbocycles. The van der Waals surface area contributed by atoms with Crippen molar-refractivity contribution in [3.63, 3.8) is 0 Å². The third-order valence-corrected chi connectivity index (χ3v) is 6.43. The minimum Gasteiger partial charge on any atom is -0.338 e. The highest BCUT2D eigenvalue weighted by Gasteiger charge is 2.25. The molecule has 0 spiro atoms. The first kappa shape index (κ1) is 23.1. The van der Waals surface area contributed by atoms with E-state index in [2.05, 4.69) is 10.2 Å². The van der Waals surface area contributed by atoms with Gasteiger partial charge < -0.3 is 14.8 Å². The average Bonchev–Trinajstić information content (AvgIpc) is 3.16. The van der Waals surface area contributed by atoms with Crippen LogP contribution in [0, 0.1) is 0 Å². The molecular formula is C22H28ClN7O3. The van der Waals surface area contributed by atoms with Gasteiger partial charge in [-0.05, 0) is 18.6 Å². The lowest BCUT2D eigenvalue weighted by molar-refractivity contribution is 0.133. The van der Waals surface area contributed by atoms with Crippen molar-refractivity contribution in [2.24, 2.45) is 14.1 Å². The molecule has 0 atom stereocenters. The molecule has 10 nitrogen and oxygen atoms in total. The third kappa shape index (κ3) is 4.40. The van der Waals surface area contributed by atoms with Crippen molar-refractivity contribution in [2.75, 3.05) is 32.7 Å². The van der Waals surface area contributed by atoms with Gasteiger partial charge in [0, 0.05) is 51.8 Å². The molecule has 176 valence electrons. The van der Waals surface area contributed by atoms with Crippen molar-refractivity contribution in [3.8, 4) is 0 Å². The van der Waals surface area contributed by atoms with Gasteiger partial charge in [0.05, 0.1) is 13.1 Å². The SMILES string of the molecule is CCNC(=O)N1CCN(Cc2nc3c(c(=O)n(C)c(=O)n3C)n2Cc2ccccc2Cl)CC1. The molecule has 4 rings (SSSR count). The summed E-state index contributed by atoms with van der Waals surface area (Å²) in [4.78, 5) is 46.4. The number of aryl methyl sites for hydroxylation is 1.